The highest BCUT2D eigenvalue weighted by atomic mass is 35.5. The Labute approximate surface area is 254 Å². The molecular weight excluding hydrogens is 588 g/mol. The van der Waals surface area contributed by atoms with Crippen LogP contribution in [0.3, 0.4) is 0 Å². The number of anilines is 1. The molecule has 5 rings (SSSR count). The number of aliphatic hydroxyl groups is 1. The van der Waals surface area contributed by atoms with Gasteiger partial charge in [-0.2, -0.15) is 0 Å². The summed E-state index contributed by atoms with van der Waals surface area (Å²) in [7, 11) is 1.40. The van der Waals surface area contributed by atoms with Crippen LogP contribution in [0.5, 0.6) is 5.75 Å². The van der Waals surface area contributed by atoms with Crippen molar-refractivity contribution in [2.24, 2.45) is 0 Å². The van der Waals surface area contributed by atoms with Gasteiger partial charge in [-0.1, -0.05) is 23.7 Å². The number of amides is 2. The molecule has 2 amide bonds. The Kier molecular flexibility index (Phi) is 10.2. The third-order valence-corrected chi connectivity index (χ3v) is 7.67. The van der Waals surface area contributed by atoms with Crippen molar-refractivity contribution in [3.05, 3.63) is 70.1 Å². The van der Waals surface area contributed by atoms with Crippen LogP contribution in [0.25, 0.3) is 11.3 Å². The van der Waals surface area contributed by atoms with E-state index in [0.717, 1.165) is 18.4 Å². The van der Waals surface area contributed by atoms with Crippen molar-refractivity contribution < 1.29 is 28.6 Å². The molecule has 13 heteroatoms. The number of benzene rings is 2. The predicted octanol–water partition coefficient (Wildman–Crippen LogP) is 4.15. The van der Waals surface area contributed by atoms with Crippen molar-refractivity contribution in [3.8, 4) is 17.0 Å². The summed E-state index contributed by atoms with van der Waals surface area (Å²) < 4.78 is 24.5. The number of halogens is 3. The number of aromatic nitrogens is 2. The highest BCUT2D eigenvalue weighted by Crippen LogP contribution is 2.32. The van der Waals surface area contributed by atoms with Gasteiger partial charge in [-0.15, -0.1) is 12.4 Å². The number of nitrogens with zero attached hydrogens (tertiary/aromatic N) is 3. The fourth-order valence-corrected chi connectivity index (χ4v) is 5.22. The molecule has 1 saturated heterocycles. The molecule has 224 valence electrons. The SMILES string of the molecule is COc1cc(F)cc(C(CO)NC(=O)C(C)N2Cc3ccc(-c4nc(NC5CCOCC5)ncc4Cl)cc3C2=O)c1.Cl. The lowest BCUT2D eigenvalue weighted by atomic mass is 10.0. The Morgan fingerprint density at radius 3 is 2.74 bits per heavy atom. The van der Waals surface area contributed by atoms with E-state index in [2.05, 4.69) is 20.6 Å². The summed E-state index contributed by atoms with van der Waals surface area (Å²) in [6, 6.07) is 7.81. The second-order valence-corrected chi connectivity index (χ2v) is 10.5. The van der Waals surface area contributed by atoms with Crippen LogP contribution >= 0.6 is 24.0 Å². The van der Waals surface area contributed by atoms with Crippen molar-refractivity contribution in [2.75, 3.05) is 32.2 Å². The summed E-state index contributed by atoms with van der Waals surface area (Å²) in [5.41, 5.74) is 2.70. The minimum atomic E-state index is -0.884. The Balaban J connectivity index is 0.00000405. The van der Waals surface area contributed by atoms with Gasteiger partial charge in [-0.3, -0.25) is 9.59 Å². The average molecular weight is 621 g/mol. The first-order valence-electron chi connectivity index (χ1n) is 13.3. The second-order valence-electron chi connectivity index (χ2n) is 10.1. The van der Waals surface area contributed by atoms with Crippen LogP contribution in [0.2, 0.25) is 5.02 Å². The van der Waals surface area contributed by atoms with Crippen molar-refractivity contribution >= 4 is 41.8 Å². The minimum Gasteiger partial charge on any atom is -0.497 e. The van der Waals surface area contributed by atoms with Crippen molar-refractivity contribution in [1.82, 2.24) is 20.2 Å². The first kappa shape index (κ1) is 31.4. The summed E-state index contributed by atoms with van der Waals surface area (Å²) in [5, 5.41) is 16.3. The van der Waals surface area contributed by atoms with Gasteiger partial charge >= 0.3 is 0 Å². The molecular formula is C29H32Cl2FN5O5. The summed E-state index contributed by atoms with van der Waals surface area (Å²) in [4.78, 5) is 37.0. The van der Waals surface area contributed by atoms with Gasteiger partial charge in [-0.25, -0.2) is 14.4 Å². The minimum absolute atomic E-state index is 0. The van der Waals surface area contributed by atoms with E-state index in [1.54, 1.807) is 13.0 Å². The maximum Gasteiger partial charge on any atom is 0.255 e. The number of aliphatic hydroxyl groups excluding tert-OH is 1. The van der Waals surface area contributed by atoms with Crippen molar-refractivity contribution in [1.29, 1.82) is 0 Å². The molecule has 0 radical (unpaired) electrons. The quantitative estimate of drug-likeness (QED) is 0.326. The fourth-order valence-electron chi connectivity index (χ4n) is 5.02. The molecule has 2 aliphatic heterocycles. The number of fused-ring (bicyclic) bond motifs is 1. The zero-order valence-electron chi connectivity index (χ0n) is 23.1. The highest BCUT2D eigenvalue weighted by molar-refractivity contribution is 6.33. The lowest BCUT2D eigenvalue weighted by Crippen LogP contribution is -2.46. The largest absolute Gasteiger partial charge is 0.497 e. The third kappa shape index (κ3) is 6.75. The van der Waals surface area contributed by atoms with E-state index in [0.29, 0.717) is 46.6 Å². The molecule has 0 bridgehead atoms. The number of hydrogen-bond donors (Lipinski definition) is 3. The van der Waals surface area contributed by atoms with Gasteiger partial charge in [-0.05, 0) is 49.1 Å². The van der Waals surface area contributed by atoms with Crippen LogP contribution in [-0.4, -0.2) is 70.8 Å². The smallest absolute Gasteiger partial charge is 0.255 e. The van der Waals surface area contributed by atoms with Gasteiger partial charge in [0.05, 0.1) is 36.7 Å². The van der Waals surface area contributed by atoms with E-state index >= 15 is 0 Å². The van der Waals surface area contributed by atoms with Crippen molar-refractivity contribution in [2.45, 2.75) is 44.4 Å². The maximum absolute atomic E-state index is 14.0. The standard InChI is InChI=1S/C29H31ClFN5O5.ClH/c1-16(27(38)34-25(15-37)19-9-20(31)12-22(10-19)40-2)36-14-18-4-3-17(11-23(18)28(36)39)26-24(30)13-32-29(35-26)33-21-5-7-41-8-6-21;/h3-4,9-13,16,21,25,37H,5-8,14-15H2,1-2H3,(H,34,38)(H,32,33,35);1H. The molecule has 42 heavy (non-hydrogen) atoms. The van der Waals surface area contributed by atoms with Gasteiger partial charge < -0.3 is 30.1 Å². The maximum atomic E-state index is 14.0. The lowest BCUT2D eigenvalue weighted by Gasteiger charge is -2.26. The number of ether oxygens (including phenoxy) is 2. The molecule has 3 N–H and O–H groups in total. The molecule has 2 unspecified atom stereocenters. The molecule has 3 heterocycles. The van der Waals surface area contributed by atoms with Crippen LogP contribution in [-0.2, 0) is 16.1 Å². The summed E-state index contributed by atoms with van der Waals surface area (Å²) in [6.45, 7) is 2.73. The first-order valence-corrected chi connectivity index (χ1v) is 13.7. The zero-order chi connectivity index (χ0) is 29.1. The van der Waals surface area contributed by atoms with E-state index in [1.165, 1.54) is 36.4 Å². The molecule has 3 aromatic rings. The third-order valence-electron chi connectivity index (χ3n) is 7.39. The van der Waals surface area contributed by atoms with Crippen LogP contribution in [0, 0.1) is 5.82 Å². The Morgan fingerprint density at radius 1 is 1.26 bits per heavy atom. The number of carbonyl (C=O) groups excluding carboxylic acids is 2. The second kappa shape index (κ2) is 13.6. The number of carbonyl (C=O) groups is 2. The molecule has 0 saturated carbocycles. The normalized spacial score (nSPS) is 16.3. The molecule has 1 fully saturated rings. The molecule has 2 aliphatic rings. The summed E-state index contributed by atoms with van der Waals surface area (Å²) in [5.74, 6) is -0.655. The van der Waals surface area contributed by atoms with Gasteiger partial charge in [0.1, 0.15) is 17.6 Å². The topological polar surface area (TPSA) is 126 Å². The molecule has 0 spiro atoms. The van der Waals surface area contributed by atoms with Gasteiger partial charge in [0.2, 0.25) is 11.9 Å². The average Bonchev–Trinajstić information content (AvgIpc) is 3.31. The number of hydrogen-bond acceptors (Lipinski definition) is 8. The summed E-state index contributed by atoms with van der Waals surface area (Å²) >= 11 is 6.45. The van der Waals surface area contributed by atoms with Gasteiger partial charge in [0.25, 0.3) is 5.91 Å². The van der Waals surface area contributed by atoms with Gasteiger partial charge in [0, 0.05) is 43.0 Å². The molecule has 2 atom stereocenters. The number of nitrogens with one attached hydrogen (secondary N) is 2. The number of methoxy groups -OCH3 is 1. The summed E-state index contributed by atoms with van der Waals surface area (Å²) in [6.07, 6.45) is 3.24. The highest BCUT2D eigenvalue weighted by Gasteiger charge is 2.35. The molecule has 10 nitrogen and oxygen atoms in total. The van der Waals surface area contributed by atoms with E-state index in [4.69, 9.17) is 21.1 Å². The molecule has 0 aliphatic carbocycles. The van der Waals surface area contributed by atoms with Crippen LogP contribution < -0.4 is 15.4 Å². The zero-order valence-corrected chi connectivity index (χ0v) is 24.7. The van der Waals surface area contributed by atoms with Crippen LogP contribution in [0.4, 0.5) is 10.3 Å². The Hall–Kier alpha value is -3.51. The monoisotopic (exact) mass is 619 g/mol. The Bertz CT molecular complexity index is 1460. The number of rotatable bonds is 9. The van der Waals surface area contributed by atoms with E-state index in [1.807, 2.05) is 12.1 Å². The molecule has 1 aromatic heterocycles. The predicted molar refractivity (Wildman–Crippen MR) is 157 cm³/mol. The van der Waals surface area contributed by atoms with E-state index in [-0.39, 0.29) is 36.7 Å². The van der Waals surface area contributed by atoms with Crippen molar-refractivity contribution in [3.63, 3.8) is 0 Å². The van der Waals surface area contributed by atoms with Crippen LogP contribution in [0.1, 0.15) is 47.3 Å². The van der Waals surface area contributed by atoms with Gasteiger partial charge in [0.15, 0.2) is 0 Å². The van der Waals surface area contributed by atoms with E-state index < -0.39 is 30.4 Å². The van der Waals surface area contributed by atoms with E-state index in [9.17, 15) is 19.1 Å². The Morgan fingerprint density at radius 2 is 2.02 bits per heavy atom. The van der Waals surface area contributed by atoms with Crippen LogP contribution in [0.15, 0.2) is 42.6 Å². The first-order chi connectivity index (χ1) is 19.8. The fraction of sp³-hybridized carbons (Fsp3) is 0.379. The molecule has 2 aromatic carbocycles. The lowest BCUT2D eigenvalue weighted by molar-refractivity contribution is -0.126.